The number of pyridine rings is 1. The normalized spacial score (nSPS) is 16.7. The lowest BCUT2D eigenvalue weighted by Gasteiger charge is -2.18. The quantitative estimate of drug-likeness (QED) is 0.887. The number of carbonyl (C=O) groups is 1. The fraction of sp³-hybridized carbons (Fsp3) is 0.471. The molecule has 0 atom stereocenters. The van der Waals surface area contributed by atoms with Crippen LogP contribution in [-0.4, -0.2) is 27.0 Å². The van der Waals surface area contributed by atoms with E-state index in [9.17, 15) is 18.0 Å². The van der Waals surface area contributed by atoms with Crippen LogP contribution in [-0.2, 0) is 36.9 Å². The second-order valence-corrected chi connectivity index (χ2v) is 6.42. The van der Waals surface area contributed by atoms with Crippen molar-refractivity contribution < 1.29 is 22.7 Å². The third kappa shape index (κ3) is 3.07. The first-order chi connectivity index (χ1) is 12.4. The third-order valence-electron chi connectivity index (χ3n) is 4.62. The van der Waals surface area contributed by atoms with E-state index in [1.165, 1.54) is 10.8 Å². The molecule has 26 heavy (non-hydrogen) atoms. The van der Waals surface area contributed by atoms with Gasteiger partial charge < -0.3 is 14.6 Å². The summed E-state index contributed by atoms with van der Waals surface area (Å²) in [6, 6.07) is 1.69. The molecule has 2 aliphatic heterocycles. The van der Waals surface area contributed by atoms with E-state index in [2.05, 4.69) is 15.3 Å². The van der Waals surface area contributed by atoms with Crippen LogP contribution < -0.4 is 5.32 Å². The summed E-state index contributed by atoms with van der Waals surface area (Å²) in [7, 11) is 0. The highest BCUT2D eigenvalue weighted by Gasteiger charge is 2.41. The molecule has 1 amide bonds. The van der Waals surface area contributed by atoms with E-state index in [4.69, 9.17) is 4.74 Å². The van der Waals surface area contributed by atoms with Gasteiger partial charge in [0, 0.05) is 30.6 Å². The van der Waals surface area contributed by atoms with Crippen LogP contribution in [0.2, 0.25) is 0 Å². The molecule has 0 saturated carbocycles. The van der Waals surface area contributed by atoms with Gasteiger partial charge in [0.1, 0.15) is 11.5 Å². The number of imidazole rings is 1. The Balaban J connectivity index is 1.67. The van der Waals surface area contributed by atoms with Crippen LogP contribution in [0, 0.1) is 0 Å². The maximum absolute atomic E-state index is 13.4. The zero-order chi connectivity index (χ0) is 18.3. The van der Waals surface area contributed by atoms with Crippen LogP contribution in [0.25, 0.3) is 0 Å². The van der Waals surface area contributed by atoms with Gasteiger partial charge in [0.15, 0.2) is 5.69 Å². The molecule has 138 valence electrons. The van der Waals surface area contributed by atoms with Crippen LogP contribution in [0.1, 0.15) is 46.1 Å². The van der Waals surface area contributed by atoms with E-state index in [1.54, 1.807) is 6.07 Å². The van der Waals surface area contributed by atoms with Crippen molar-refractivity contribution in [1.82, 2.24) is 14.5 Å². The van der Waals surface area contributed by atoms with Gasteiger partial charge in [-0.05, 0) is 18.9 Å². The van der Waals surface area contributed by atoms with Crippen molar-refractivity contribution in [3.05, 3.63) is 40.7 Å². The molecule has 0 unspecified atom stereocenters. The number of rotatable bonds is 2. The largest absolute Gasteiger partial charge is 0.435 e. The number of hydrogen-bond acceptors (Lipinski definition) is 4. The maximum atomic E-state index is 13.4. The molecule has 2 aliphatic rings. The summed E-state index contributed by atoms with van der Waals surface area (Å²) in [4.78, 5) is 20.6. The maximum Gasteiger partial charge on any atom is 0.435 e. The van der Waals surface area contributed by atoms with E-state index >= 15 is 0 Å². The van der Waals surface area contributed by atoms with Gasteiger partial charge in [0.25, 0.3) is 5.91 Å². The standard InChI is InChI=1S/C17H17F3N4O2/c18-17(19,20)15-14(24-5-2-1-3-13(24)23-15)16(25)22-11-7-10-9-26-6-4-12(10)21-8-11/h7-8H,1-6,9H2,(H,22,25). The number of hydrogen-bond donors (Lipinski definition) is 1. The minimum absolute atomic E-state index is 0.311. The molecule has 0 fully saturated rings. The summed E-state index contributed by atoms with van der Waals surface area (Å²) in [5, 5.41) is 2.54. The lowest BCUT2D eigenvalue weighted by atomic mass is 10.1. The highest BCUT2D eigenvalue weighted by molar-refractivity contribution is 6.04. The number of halogens is 3. The molecule has 0 saturated heterocycles. The van der Waals surface area contributed by atoms with Gasteiger partial charge in [-0.25, -0.2) is 4.98 Å². The van der Waals surface area contributed by atoms with E-state index in [0.717, 1.165) is 24.1 Å². The van der Waals surface area contributed by atoms with E-state index < -0.39 is 23.5 Å². The Morgan fingerprint density at radius 3 is 2.92 bits per heavy atom. The predicted molar refractivity (Wildman–Crippen MR) is 85.7 cm³/mol. The first-order valence-electron chi connectivity index (χ1n) is 8.47. The Hall–Kier alpha value is -2.42. The van der Waals surface area contributed by atoms with Crippen molar-refractivity contribution in [2.24, 2.45) is 0 Å². The van der Waals surface area contributed by atoms with Gasteiger partial charge in [0.05, 0.1) is 25.1 Å². The van der Waals surface area contributed by atoms with Crippen molar-refractivity contribution in [3.8, 4) is 0 Å². The Bertz CT molecular complexity index is 860. The molecule has 1 N–H and O–H groups in total. The molecule has 0 aromatic carbocycles. The third-order valence-corrected chi connectivity index (χ3v) is 4.62. The summed E-state index contributed by atoms with van der Waals surface area (Å²) in [5.41, 5.74) is 0.508. The predicted octanol–water partition coefficient (Wildman–Crippen LogP) is 2.96. The number of nitrogens with one attached hydrogen (secondary N) is 1. The van der Waals surface area contributed by atoms with E-state index in [0.29, 0.717) is 44.1 Å². The van der Waals surface area contributed by atoms with Crippen molar-refractivity contribution in [2.75, 3.05) is 11.9 Å². The van der Waals surface area contributed by atoms with Crippen molar-refractivity contribution >= 4 is 11.6 Å². The molecule has 9 heteroatoms. The smallest absolute Gasteiger partial charge is 0.376 e. The minimum Gasteiger partial charge on any atom is -0.376 e. The number of aryl methyl sites for hydroxylation is 1. The number of anilines is 1. The highest BCUT2D eigenvalue weighted by Crippen LogP contribution is 2.34. The number of amides is 1. The average molecular weight is 366 g/mol. The Morgan fingerprint density at radius 2 is 2.12 bits per heavy atom. The number of alkyl halides is 3. The van der Waals surface area contributed by atoms with Crippen LogP contribution in [0.4, 0.5) is 18.9 Å². The molecule has 0 radical (unpaired) electrons. The Labute approximate surface area is 147 Å². The number of ether oxygens (including phenoxy) is 1. The minimum atomic E-state index is -4.68. The number of aromatic nitrogens is 3. The van der Waals surface area contributed by atoms with Gasteiger partial charge in [0.2, 0.25) is 0 Å². The summed E-state index contributed by atoms with van der Waals surface area (Å²) in [6.07, 6.45) is -0.615. The molecular weight excluding hydrogens is 349 g/mol. The fourth-order valence-electron chi connectivity index (χ4n) is 3.41. The van der Waals surface area contributed by atoms with Crippen LogP contribution >= 0.6 is 0 Å². The zero-order valence-corrected chi connectivity index (χ0v) is 13.9. The molecule has 4 rings (SSSR count). The molecule has 0 bridgehead atoms. The van der Waals surface area contributed by atoms with Crippen LogP contribution in [0.15, 0.2) is 12.3 Å². The van der Waals surface area contributed by atoms with Gasteiger partial charge in [-0.1, -0.05) is 0 Å². The fourth-order valence-corrected chi connectivity index (χ4v) is 3.41. The monoisotopic (exact) mass is 366 g/mol. The van der Waals surface area contributed by atoms with Crippen molar-refractivity contribution in [3.63, 3.8) is 0 Å². The van der Waals surface area contributed by atoms with Gasteiger partial charge in [-0.2, -0.15) is 13.2 Å². The summed E-state index contributed by atoms with van der Waals surface area (Å²) in [5.74, 6) is -0.512. The van der Waals surface area contributed by atoms with Gasteiger partial charge in [-0.15, -0.1) is 0 Å². The average Bonchev–Trinajstić information content (AvgIpc) is 3.02. The lowest BCUT2D eigenvalue weighted by Crippen LogP contribution is -2.24. The Morgan fingerprint density at radius 1 is 1.27 bits per heavy atom. The Kier molecular flexibility index (Phi) is 4.18. The molecule has 0 aliphatic carbocycles. The summed E-state index contributed by atoms with van der Waals surface area (Å²) in [6.45, 7) is 1.32. The second kappa shape index (κ2) is 6.39. The first kappa shape index (κ1) is 17.0. The van der Waals surface area contributed by atoms with Crippen molar-refractivity contribution in [2.45, 2.75) is 45.0 Å². The van der Waals surface area contributed by atoms with Crippen molar-refractivity contribution in [1.29, 1.82) is 0 Å². The van der Waals surface area contributed by atoms with E-state index in [-0.39, 0.29) is 0 Å². The molecule has 2 aromatic heterocycles. The topological polar surface area (TPSA) is 69.0 Å². The van der Waals surface area contributed by atoms with Gasteiger partial charge >= 0.3 is 6.18 Å². The molecule has 0 spiro atoms. The zero-order valence-electron chi connectivity index (χ0n) is 13.9. The lowest BCUT2D eigenvalue weighted by molar-refractivity contribution is -0.141. The van der Waals surface area contributed by atoms with Crippen LogP contribution in [0.5, 0.6) is 0 Å². The number of carbonyl (C=O) groups excluding carboxylic acids is 1. The number of nitrogens with zero attached hydrogens (tertiary/aromatic N) is 3. The SMILES string of the molecule is O=C(Nc1cnc2c(c1)COCC2)c1c(C(F)(F)F)nc2n1CCCC2. The van der Waals surface area contributed by atoms with Crippen LogP contribution in [0.3, 0.4) is 0 Å². The molecular formula is C17H17F3N4O2. The molecule has 2 aromatic rings. The second-order valence-electron chi connectivity index (χ2n) is 6.42. The van der Waals surface area contributed by atoms with E-state index in [1.807, 2.05) is 0 Å². The van der Waals surface area contributed by atoms with Gasteiger partial charge in [-0.3, -0.25) is 9.78 Å². The highest BCUT2D eigenvalue weighted by atomic mass is 19.4. The number of fused-ring (bicyclic) bond motifs is 2. The molecule has 4 heterocycles. The molecule has 6 nitrogen and oxygen atoms in total. The summed E-state index contributed by atoms with van der Waals surface area (Å²) < 4.78 is 46.9. The summed E-state index contributed by atoms with van der Waals surface area (Å²) >= 11 is 0. The first-order valence-corrected chi connectivity index (χ1v) is 8.47.